The molecule has 26 heavy (non-hydrogen) atoms. The molecule has 7 nitrogen and oxygen atoms in total. The van der Waals surface area contributed by atoms with Crippen LogP contribution in [0.2, 0.25) is 0 Å². The van der Waals surface area contributed by atoms with Gasteiger partial charge in [0, 0.05) is 11.1 Å². The lowest BCUT2D eigenvalue weighted by Gasteiger charge is -2.13. The van der Waals surface area contributed by atoms with E-state index in [1.54, 1.807) is 31.3 Å². The third-order valence-corrected chi connectivity index (χ3v) is 6.43. The van der Waals surface area contributed by atoms with Crippen molar-refractivity contribution in [2.45, 2.75) is 32.1 Å². The van der Waals surface area contributed by atoms with Gasteiger partial charge in [-0.3, -0.25) is 0 Å². The highest BCUT2D eigenvalue weighted by atomic mass is 32.3. The number of nitrogens with zero attached hydrogens (tertiary/aromatic N) is 1. The van der Waals surface area contributed by atoms with Crippen molar-refractivity contribution in [1.82, 2.24) is 5.01 Å². The molecule has 0 saturated heterocycles. The lowest BCUT2D eigenvalue weighted by atomic mass is 10.2. The maximum atomic E-state index is 11.9. The first kappa shape index (κ1) is 22.2. The van der Waals surface area contributed by atoms with E-state index in [1.807, 2.05) is 19.9 Å². The van der Waals surface area contributed by atoms with Crippen molar-refractivity contribution in [2.75, 3.05) is 13.2 Å². The predicted octanol–water partition coefficient (Wildman–Crippen LogP) is 2.28. The van der Waals surface area contributed by atoms with Gasteiger partial charge >= 0.3 is 0 Å². The molecule has 144 valence electrons. The number of benzene rings is 1. The second-order valence-electron chi connectivity index (χ2n) is 5.55. The molecule has 0 spiro atoms. The van der Waals surface area contributed by atoms with Crippen LogP contribution in [0.1, 0.15) is 25.8 Å². The summed E-state index contributed by atoms with van der Waals surface area (Å²) in [6, 6.07) is 5.42. The Morgan fingerprint density at radius 2 is 2.08 bits per heavy atom. The number of carbonyl (C=O) groups excluding carboxylic acids is 1. The zero-order valence-corrected chi connectivity index (χ0v) is 16.8. The topological polar surface area (TPSA) is 116 Å². The van der Waals surface area contributed by atoms with Gasteiger partial charge < -0.3 is 14.5 Å². The van der Waals surface area contributed by atoms with Gasteiger partial charge in [0.15, 0.2) is 0 Å². The van der Waals surface area contributed by atoms with Crippen molar-refractivity contribution in [3.05, 3.63) is 45.8 Å². The maximum Gasteiger partial charge on any atom is 0.244 e. The predicted molar refractivity (Wildman–Crippen MR) is 105 cm³/mol. The van der Waals surface area contributed by atoms with Crippen LogP contribution in [0.3, 0.4) is 0 Å². The number of primary sulfonamides is 1. The lowest BCUT2D eigenvalue weighted by Crippen LogP contribution is -2.26. The largest absolute Gasteiger partial charge is 0.489 e. The number of nitrogens with two attached hydrogens (primary N) is 2. The Kier molecular flexibility index (Phi) is 8.86. The van der Waals surface area contributed by atoms with Gasteiger partial charge in [0.05, 0.1) is 6.54 Å². The number of carbonyl (C=O) groups is 1. The van der Waals surface area contributed by atoms with Gasteiger partial charge in [0.1, 0.15) is 22.9 Å². The Morgan fingerprint density at radius 1 is 1.38 bits per heavy atom. The van der Waals surface area contributed by atoms with Gasteiger partial charge in [-0.15, -0.1) is 0 Å². The van der Waals surface area contributed by atoms with E-state index in [1.165, 1.54) is 5.01 Å². The summed E-state index contributed by atoms with van der Waals surface area (Å²) in [5.74, 6) is 6.11. The second-order valence-corrected chi connectivity index (χ2v) is 8.36. The molecule has 0 atom stereocenters. The van der Waals surface area contributed by atoms with E-state index in [0.717, 1.165) is 22.2 Å². The first-order chi connectivity index (χ1) is 12.2. The standard InChI is InChI=1S/C17H25N3O4S2/c1-4-13(2)17(26(19,22)23)25-16-12-15(7-6-14(16)3)24-11-5-8-20(18)9-10-21/h5-8,10,12H,4,9,11,18H2,1-3H3,(H2,19,22,23)/b8-5+,17-13-. The summed E-state index contributed by atoms with van der Waals surface area (Å²) < 4.78 is 29.5. The number of thioether (sulfide) groups is 1. The van der Waals surface area contributed by atoms with Gasteiger partial charge in [-0.2, -0.15) is 0 Å². The molecule has 0 heterocycles. The first-order valence-corrected chi connectivity index (χ1v) is 10.3. The van der Waals surface area contributed by atoms with E-state index in [2.05, 4.69) is 0 Å². The van der Waals surface area contributed by atoms with E-state index in [4.69, 9.17) is 15.7 Å². The summed E-state index contributed by atoms with van der Waals surface area (Å²) in [7, 11) is -3.80. The Balaban J connectivity index is 2.92. The van der Waals surface area contributed by atoms with Crippen LogP contribution in [-0.4, -0.2) is 32.9 Å². The van der Waals surface area contributed by atoms with Crippen molar-refractivity contribution in [1.29, 1.82) is 0 Å². The van der Waals surface area contributed by atoms with Crippen molar-refractivity contribution in [3.8, 4) is 5.75 Å². The molecule has 1 aromatic rings. The van der Waals surface area contributed by atoms with Gasteiger partial charge in [0.2, 0.25) is 10.0 Å². The molecule has 0 amide bonds. The van der Waals surface area contributed by atoms with Crippen molar-refractivity contribution in [2.24, 2.45) is 11.0 Å². The molecule has 9 heteroatoms. The summed E-state index contributed by atoms with van der Waals surface area (Å²) in [6.07, 6.45) is 4.51. The molecular weight excluding hydrogens is 374 g/mol. The van der Waals surface area contributed by atoms with E-state index in [9.17, 15) is 13.2 Å². The third kappa shape index (κ3) is 7.20. The molecule has 0 aromatic heterocycles. The van der Waals surface area contributed by atoms with Crippen molar-refractivity contribution >= 4 is 28.1 Å². The van der Waals surface area contributed by atoms with Crippen LogP contribution in [-0.2, 0) is 14.8 Å². The maximum absolute atomic E-state index is 11.9. The van der Waals surface area contributed by atoms with Crippen LogP contribution in [0, 0.1) is 6.92 Å². The molecule has 4 N–H and O–H groups in total. The summed E-state index contributed by atoms with van der Waals surface area (Å²) in [5.41, 5.74) is 1.63. The minimum atomic E-state index is -3.80. The Morgan fingerprint density at radius 3 is 2.65 bits per heavy atom. The molecule has 0 fully saturated rings. The van der Waals surface area contributed by atoms with Crippen LogP contribution in [0.5, 0.6) is 5.75 Å². The van der Waals surface area contributed by atoms with Crippen LogP contribution < -0.4 is 15.7 Å². The fraction of sp³-hybridized carbons (Fsp3) is 0.353. The van der Waals surface area contributed by atoms with E-state index in [0.29, 0.717) is 24.0 Å². The minimum absolute atomic E-state index is 0.0985. The number of rotatable bonds is 10. The number of aryl methyl sites for hydroxylation is 1. The molecule has 0 aliphatic carbocycles. The number of allylic oxidation sites excluding steroid dienone is 1. The van der Waals surface area contributed by atoms with Gasteiger partial charge in [0.25, 0.3) is 0 Å². The molecule has 0 saturated carbocycles. The molecule has 1 aromatic carbocycles. The van der Waals surface area contributed by atoms with E-state index < -0.39 is 10.0 Å². The van der Waals surface area contributed by atoms with Crippen molar-refractivity contribution in [3.63, 3.8) is 0 Å². The van der Waals surface area contributed by atoms with Gasteiger partial charge in [-0.05, 0) is 49.6 Å². The Labute approximate surface area is 159 Å². The molecule has 0 aliphatic rings. The third-order valence-electron chi connectivity index (χ3n) is 3.43. The minimum Gasteiger partial charge on any atom is -0.489 e. The van der Waals surface area contributed by atoms with E-state index in [-0.39, 0.29) is 17.4 Å². The number of hydrazine groups is 1. The lowest BCUT2D eigenvalue weighted by molar-refractivity contribution is -0.108. The summed E-state index contributed by atoms with van der Waals surface area (Å²) in [6.45, 7) is 5.88. The summed E-state index contributed by atoms with van der Waals surface area (Å²) in [5, 5.41) is 6.59. The number of aldehydes is 1. The van der Waals surface area contributed by atoms with E-state index >= 15 is 0 Å². The molecule has 0 aliphatic heterocycles. The SMILES string of the molecule is CC/C(C)=C(/Sc1cc(OC/C=C/N(N)CC=O)ccc1C)S(N)(=O)=O. The zero-order valence-electron chi connectivity index (χ0n) is 15.1. The summed E-state index contributed by atoms with van der Waals surface area (Å²) >= 11 is 1.12. The molecule has 0 unspecified atom stereocenters. The highest BCUT2D eigenvalue weighted by molar-refractivity contribution is 8.18. The quantitative estimate of drug-likeness (QED) is 0.268. The monoisotopic (exact) mass is 399 g/mol. The zero-order chi connectivity index (χ0) is 19.7. The fourth-order valence-corrected chi connectivity index (χ4v) is 4.17. The fourth-order valence-electron chi connectivity index (χ4n) is 1.88. The van der Waals surface area contributed by atoms with Crippen LogP contribution in [0.4, 0.5) is 0 Å². The average molecular weight is 400 g/mol. The van der Waals surface area contributed by atoms with Crippen molar-refractivity contribution < 1.29 is 17.9 Å². The number of ether oxygens (including phenoxy) is 1. The molecule has 0 radical (unpaired) electrons. The smallest absolute Gasteiger partial charge is 0.244 e. The molecular formula is C17H25N3O4S2. The number of hydrogen-bond donors (Lipinski definition) is 2. The Hall–Kier alpha value is -1.81. The number of hydrogen-bond acceptors (Lipinski definition) is 7. The average Bonchev–Trinajstić information content (AvgIpc) is 2.57. The highest BCUT2D eigenvalue weighted by Crippen LogP contribution is 2.36. The normalized spacial score (nSPS) is 12.8. The van der Waals surface area contributed by atoms with Crippen LogP contribution >= 0.6 is 11.8 Å². The molecule has 1 rings (SSSR count). The number of sulfonamides is 1. The highest BCUT2D eigenvalue weighted by Gasteiger charge is 2.18. The second kappa shape index (κ2) is 10.4. The first-order valence-electron chi connectivity index (χ1n) is 7.94. The Bertz CT molecular complexity index is 789. The molecule has 0 bridgehead atoms. The van der Waals surface area contributed by atoms with Gasteiger partial charge in [-0.25, -0.2) is 19.4 Å². The van der Waals surface area contributed by atoms with Gasteiger partial charge in [-0.1, -0.05) is 24.8 Å². The summed E-state index contributed by atoms with van der Waals surface area (Å²) in [4.78, 5) is 11.1. The van der Waals surface area contributed by atoms with Crippen LogP contribution in [0.25, 0.3) is 0 Å². The van der Waals surface area contributed by atoms with Crippen LogP contribution in [0.15, 0.2) is 45.2 Å².